The Morgan fingerprint density at radius 2 is 2.05 bits per heavy atom. The molecule has 0 bridgehead atoms. The highest BCUT2D eigenvalue weighted by molar-refractivity contribution is 6.35. The topological polar surface area (TPSA) is 101 Å². The fourth-order valence-corrected chi connectivity index (χ4v) is 2.07. The molecule has 1 fully saturated rings. The third-order valence-corrected chi connectivity index (χ3v) is 3.32. The number of hydrogen-bond acceptors (Lipinski definition) is 4. The van der Waals surface area contributed by atoms with Crippen molar-refractivity contribution in [3.05, 3.63) is 38.9 Å². The number of rotatable bonds is 3. The number of carboxylic acids is 1. The summed E-state index contributed by atoms with van der Waals surface area (Å²) in [6.07, 6.45) is 0. The molecule has 1 heterocycles. The van der Waals surface area contributed by atoms with Gasteiger partial charge in [-0.05, 0) is 6.07 Å². The molecule has 1 aliphatic heterocycles. The molecule has 1 aromatic rings. The van der Waals surface area contributed by atoms with Gasteiger partial charge in [-0.2, -0.15) is 0 Å². The van der Waals surface area contributed by atoms with Crippen molar-refractivity contribution >= 4 is 29.2 Å². The molecule has 19 heavy (non-hydrogen) atoms. The number of nitro benzene ring substituents is 1. The summed E-state index contributed by atoms with van der Waals surface area (Å²) < 4.78 is 0. The van der Waals surface area contributed by atoms with Crippen LogP contribution in [0.5, 0.6) is 0 Å². The van der Waals surface area contributed by atoms with Gasteiger partial charge in [-0.3, -0.25) is 19.7 Å². The quantitative estimate of drug-likeness (QED) is 0.668. The standard InChI is InChI=1S/C11H9ClN2O5/c12-9-7(2-1-3-8(9)14(18)19)10(15)13-4-6(5-13)11(16)17/h1-3,6H,4-5H2,(H,16,17). The maximum absolute atomic E-state index is 12.0. The van der Waals surface area contributed by atoms with Gasteiger partial charge in [-0.25, -0.2) is 0 Å². The zero-order chi connectivity index (χ0) is 14.2. The first kappa shape index (κ1) is 13.3. The minimum atomic E-state index is -0.964. The first-order valence-electron chi connectivity index (χ1n) is 5.36. The lowest BCUT2D eigenvalue weighted by molar-refractivity contribution is -0.384. The highest BCUT2D eigenvalue weighted by Gasteiger charge is 2.37. The van der Waals surface area contributed by atoms with Crippen molar-refractivity contribution in [2.75, 3.05) is 13.1 Å². The highest BCUT2D eigenvalue weighted by Crippen LogP contribution is 2.30. The molecule has 0 atom stereocenters. The summed E-state index contributed by atoms with van der Waals surface area (Å²) in [4.78, 5) is 34.0. The Kier molecular flexibility index (Phi) is 3.39. The van der Waals surface area contributed by atoms with Gasteiger partial charge in [0.25, 0.3) is 11.6 Å². The van der Waals surface area contributed by atoms with Crippen LogP contribution in [0.25, 0.3) is 0 Å². The van der Waals surface area contributed by atoms with E-state index in [0.717, 1.165) is 0 Å². The van der Waals surface area contributed by atoms with Gasteiger partial charge in [0.1, 0.15) is 5.02 Å². The van der Waals surface area contributed by atoms with Crippen LogP contribution in [0.15, 0.2) is 18.2 Å². The number of benzene rings is 1. The Morgan fingerprint density at radius 3 is 2.58 bits per heavy atom. The SMILES string of the molecule is O=C(O)C1CN(C(=O)c2cccc([N+](=O)[O-])c2Cl)C1. The van der Waals surface area contributed by atoms with Gasteiger partial charge >= 0.3 is 5.97 Å². The molecular weight excluding hydrogens is 276 g/mol. The van der Waals surface area contributed by atoms with Crippen molar-refractivity contribution in [3.63, 3.8) is 0 Å². The predicted octanol–water partition coefficient (Wildman–Crippen LogP) is 1.40. The molecule has 8 heteroatoms. The van der Waals surface area contributed by atoms with E-state index in [4.69, 9.17) is 16.7 Å². The third kappa shape index (κ3) is 2.37. The summed E-state index contributed by atoms with van der Waals surface area (Å²) in [7, 11) is 0. The second kappa shape index (κ2) is 4.85. The molecule has 0 spiro atoms. The molecule has 1 saturated heterocycles. The maximum atomic E-state index is 12.0. The van der Waals surface area contributed by atoms with E-state index in [1.54, 1.807) is 0 Å². The number of hydrogen-bond donors (Lipinski definition) is 1. The molecule has 0 aromatic heterocycles. The average molecular weight is 285 g/mol. The van der Waals surface area contributed by atoms with E-state index >= 15 is 0 Å². The van der Waals surface area contributed by atoms with Crippen LogP contribution in [-0.4, -0.2) is 39.9 Å². The normalized spacial score (nSPS) is 14.9. The van der Waals surface area contributed by atoms with Crippen LogP contribution >= 0.6 is 11.6 Å². The van der Waals surface area contributed by atoms with Gasteiger partial charge in [0, 0.05) is 19.2 Å². The lowest BCUT2D eigenvalue weighted by Crippen LogP contribution is -2.53. The molecule has 2 rings (SSSR count). The maximum Gasteiger partial charge on any atom is 0.310 e. The molecule has 100 valence electrons. The van der Waals surface area contributed by atoms with Gasteiger partial charge < -0.3 is 10.0 Å². The first-order valence-corrected chi connectivity index (χ1v) is 5.74. The number of amides is 1. The fourth-order valence-electron chi connectivity index (χ4n) is 1.80. The number of aliphatic carboxylic acids is 1. The molecule has 0 unspecified atom stereocenters. The van der Waals surface area contributed by atoms with E-state index in [0.29, 0.717) is 0 Å². The Balaban J connectivity index is 2.20. The van der Waals surface area contributed by atoms with Crippen molar-refractivity contribution < 1.29 is 19.6 Å². The number of carboxylic acid groups (broad SMARTS) is 1. The summed E-state index contributed by atoms with van der Waals surface area (Å²) in [5.41, 5.74) is -0.331. The van der Waals surface area contributed by atoms with E-state index in [2.05, 4.69) is 0 Å². The van der Waals surface area contributed by atoms with Crippen LogP contribution < -0.4 is 0 Å². The molecule has 0 saturated carbocycles. The molecule has 1 aromatic carbocycles. The molecule has 1 amide bonds. The molecule has 7 nitrogen and oxygen atoms in total. The van der Waals surface area contributed by atoms with Gasteiger partial charge in [-0.15, -0.1) is 0 Å². The van der Waals surface area contributed by atoms with E-state index < -0.39 is 22.7 Å². The summed E-state index contributed by atoms with van der Waals surface area (Å²) in [6, 6.07) is 3.95. The first-order chi connectivity index (χ1) is 8.91. The lowest BCUT2D eigenvalue weighted by atomic mass is 9.99. The van der Waals surface area contributed by atoms with E-state index in [1.165, 1.54) is 23.1 Å². The van der Waals surface area contributed by atoms with Gasteiger partial charge in [0.05, 0.1) is 16.4 Å². The summed E-state index contributed by atoms with van der Waals surface area (Å²) in [5, 5.41) is 19.2. The third-order valence-electron chi connectivity index (χ3n) is 2.92. The van der Waals surface area contributed by atoms with Crippen LogP contribution in [0.2, 0.25) is 5.02 Å². The predicted molar refractivity (Wildman–Crippen MR) is 65.1 cm³/mol. The van der Waals surface area contributed by atoms with Crippen molar-refractivity contribution in [3.8, 4) is 0 Å². The van der Waals surface area contributed by atoms with Crippen LogP contribution in [-0.2, 0) is 4.79 Å². The molecule has 0 radical (unpaired) electrons. The summed E-state index contributed by atoms with van der Waals surface area (Å²) >= 11 is 5.82. The molecule has 1 N–H and O–H groups in total. The Labute approximate surface area is 112 Å². The smallest absolute Gasteiger partial charge is 0.310 e. The average Bonchev–Trinajstić information content (AvgIpc) is 2.25. The van der Waals surface area contributed by atoms with Crippen molar-refractivity contribution in [2.45, 2.75) is 0 Å². The number of carbonyl (C=O) groups excluding carboxylic acids is 1. The lowest BCUT2D eigenvalue weighted by Gasteiger charge is -2.36. The minimum Gasteiger partial charge on any atom is -0.481 e. The van der Waals surface area contributed by atoms with E-state index in [-0.39, 0.29) is 29.4 Å². The van der Waals surface area contributed by atoms with Gasteiger partial charge in [0.15, 0.2) is 0 Å². The minimum absolute atomic E-state index is 0.0136. The number of nitrogens with zero attached hydrogens (tertiary/aromatic N) is 2. The number of likely N-dealkylation sites (tertiary alicyclic amines) is 1. The molecular formula is C11H9ClN2O5. The Morgan fingerprint density at radius 1 is 1.42 bits per heavy atom. The van der Waals surface area contributed by atoms with E-state index in [1.807, 2.05) is 0 Å². The van der Waals surface area contributed by atoms with E-state index in [9.17, 15) is 19.7 Å². The largest absolute Gasteiger partial charge is 0.481 e. The van der Waals surface area contributed by atoms with Crippen LogP contribution in [0.3, 0.4) is 0 Å². The van der Waals surface area contributed by atoms with Crippen molar-refractivity contribution in [2.24, 2.45) is 5.92 Å². The van der Waals surface area contributed by atoms with Crippen LogP contribution in [0, 0.1) is 16.0 Å². The number of carbonyl (C=O) groups is 2. The summed E-state index contributed by atoms with van der Waals surface area (Å²) in [6.45, 7) is 0.181. The van der Waals surface area contributed by atoms with Gasteiger partial charge in [-0.1, -0.05) is 17.7 Å². The Hall–Kier alpha value is -2.15. The monoisotopic (exact) mass is 284 g/mol. The number of halogens is 1. The second-order valence-electron chi connectivity index (χ2n) is 4.14. The summed E-state index contributed by atoms with van der Waals surface area (Å²) in [5.74, 6) is -2.04. The zero-order valence-corrected chi connectivity index (χ0v) is 10.3. The fraction of sp³-hybridized carbons (Fsp3) is 0.273. The Bertz CT molecular complexity index is 568. The molecule has 0 aliphatic carbocycles. The van der Waals surface area contributed by atoms with Crippen molar-refractivity contribution in [1.29, 1.82) is 0 Å². The van der Waals surface area contributed by atoms with Crippen LogP contribution in [0.4, 0.5) is 5.69 Å². The van der Waals surface area contributed by atoms with Crippen molar-refractivity contribution in [1.82, 2.24) is 4.90 Å². The highest BCUT2D eigenvalue weighted by atomic mass is 35.5. The van der Waals surface area contributed by atoms with Gasteiger partial charge in [0.2, 0.25) is 0 Å². The second-order valence-corrected chi connectivity index (χ2v) is 4.52. The molecule has 1 aliphatic rings. The number of nitro groups is 1. The zero-order valence-electron chi connectivity index (χ0n) is 9.58. The van der Waals surface area contributed by atoms with Crippen LogP contribution in [0.1, 0.15) is 10.4 Å².